The van der Waals surface area contributed by atoms with Crippen molar-refractivity contribution >= 4 is 17.9 Å². The van der Waals surface area contributed by atoms with Crippen LogP contribution in [-0.4, -0.2) is 194 Å². The number of aliphatic carboxylic acids is 1. The minimum atomic E-state index is -1.93. The third-order valence-corrected chi connectivity index (χ3v) is 12.7. The zero-order chi connectivity index (χ0) is 52.2. The number of carboxylic acids is 1. The van der Waals surface area contributed by atoms with Crippen LogP contribution in [0.3, 0.4) is 0 Å². The van der Waals surface area contributed by atoms with Crippen molar-refractivity contribution in [2.75, 3.05) is 26.9 Å². The van der Waals surface area contributed by atoms with Crippen molar-refractivity contribution in [3.05, 3.63) is 0 Å². The fourth-order valence-corrected chi connectivity index (χ4v) is 8.40. The number of rotatable bonds is 39. The van der Waals surface area contributed by atoms with E-state index in [9.17, 15) is 60.3 Å². The van der Waals surface area contributed by atoms with Gasteiger partial charge >= 0.3 is 17.9 Å². The van der Waals surface area contributed by atoms with E-state index in [1.165, 1.54) is 7.11 Å². The summed E-state index contributed by atoms with van der Waals surface area (Å²) in [6.07, 6.45) is -6.96. The van der Waals surface area contributed by atoms with E-state index < -0.39 is 129 Å². The molecule has 2 heterocycles. The maximum atomic E-state index is 12.3. The molecule has 0 aromatic rings. The number of esters is 2. The van der Waals surface area contributed by atoms with Crippen LogP contribution < -0.4 is 0 Å². The second kappa shape index (κ2) is 35.9. The predicted molar refractivity (Wildman–Crippen MR) is 251 cm³/mol. The van der Waals surface area contributed by atoms with Crippen LogP contribution in [0.1, 0.15) is 163 Å². The quantitative estimate of drug-likeness (QED) is 0.0240. The highest BCUT2D eigenvalue weighted by Gasteiger charge is 2.49. The standard InChI is InChI=1S/C49H90O21/c1-6-7-21-32(22-20-25-34(52)33(51)23-18-16-14-12-10-8-9-11-13-15-17-19-24-35(53)46(61)62)67-49-45(40(57)36(54)27-66-49)70-48(63-5)44(37(55)28-64-31(4)50)69-47-43(60)42(59)41(58)38(68-47)29-65-39(56)26-30(2)3/h30,32-38,40-45,47-49,51-55,57-60H,6-29H2,1-5H3,(H,61,62). The molecule has 0 aromatic heterocycles. The Hall–Kier alpha value is -2.19. The molecular weight excluding hydrogens is 925 g/mol. The summed E-state index contributed by atoms with van der Waals surface area (Å²) in [6.45, 7) is 5.18. The molecule has 16 unspecified atom stereocenters. The van der Waals surface area contributed by atoms with Gasteiger partial charge in [-0.3, -0.25) is 9.59 Å². The van der Waals surface area contributed by atoms with E-state index in [4.69, 9.17) is 43.0 Å². The number of aliphatic hydroxyl groups excluding tert-OH is 9. The van der Waals surface area contributed by atoms with Crippen LogP contribution in [0.2, 0.25) is 0 Å². The van der Waals surface area contributed by atoms with Crippen molar-refractivity contribution < 1.29 is 103 Å². The normalized spacial score (nSPS) is 27.0. The van der Waals surface area contributed by atoms with Crippen LogP contribution in [0, 0.1) is 5.92 Å². The molecule has 2 aliphatic heterocycles. The monoisotopic (exact) mass is 1010 g/mol. The van der Waals surface area contributed by atoms with Gasteiger partial charge in [-0.15, -0.1) is 0 Å². The van der Waals surface area contributed by atoms with Crippen LogP contribution in [0.4, 0.5) is 0 Å². The van der Waals surface area contributed by atoms with Crippen LogP contribution in [-0.2, 0) is 52.3 Å². The summed E-state index contributed by atoms with van der Waals surface area (Å²) >= 11 is 0. The number of hydrogen-bond acceptors (Lipinski definition) is 20. The molecule has 16 atom stereocenters. The Balaban J connectivity index is 1.99. The number of hydrogen-bond donors (Lipinski definition) is 10. The Bertz CT molecular complexity index is 1390. The summed E-state index contributed by atoms with van der Waals surface area (Å²) in [5, 5.41) is 105. The van der Waals surface area contributed by atoms with Crippen LogP contribution in [0.25, 0.3) is 0 Å². The SMILES string of the molecule is CCCCC(CCCC(O)C(O)CCCCCCCCCCCCCCC(O)C(=O)O)OC1OCC(O)C(O)C1OC(OC)C(OC1OC(COC(=O)CC(C)C)C(O)C(O)C1O)C(O)COC(C)=O. The van der Waals surface area contributed by atoms with Crippen LogP contribution in [0.5, 0.6) is 0 Å². The van der Waals surface area contributed by atoms with Crippen molar-refractivity contribution in [1.29, 1.82) is 0 Å². The molecule has 2 aliphatic rings. The van der Waals surface area contributed by atoms with Gasteiger partial charge in [0, 0.05) is 20.5 Å². The van der Waals surface area contributed by atoms with Crippen LogP contribution >= 0.6 is 0 Å². The van der Waals surface area contributed by atoms with Gasteiger partial charge in [0.15, 0.2) is 25.0 Å². The van der Waals surface area contributed by atoms with Crippen LogP contribution in [0.15, 0.2) is 0 Å². The van der Waals surface area contributed by atoms with E-state index in [0.29, 0.717) is 38.5 Å². The summed E-state index contributed by atoms with van der Waals surface area (Å²) in [7, 11) is 1.17. The molecule has 21 heteroatoms. The summed E-state index contributed by atoms with van der Waals surface area (Å²) in [4.78, 5) is 34.7. The molecule has 412 valence electrons. The number of carboxylic acid groups (broad SMARTS) is 1. The number of ether oxygens (including phenoxy) is 8. The van der Waals surface area contributed by atoms with Gasteiger partial charge in [-0.1, -0.05) is 111 Å². The number of carbonyl (C=O) groups is 3. The zero-order valence-electron chi connectivity index (χ0n) is 42.2. The zero-order valence-corrected chi connectivity index (χ0v) is 42.2. The summed E-state index contributed by atoms with van der Waals surface area (Å²) < 4.78 is 45.9. The molecule has 0 saturated carbocycles. The lowest BCUT2D eigenvalue weighted by molar-refractivity contribution is -0.363. The third kappa shape index (κ3) is 24.7. The number of unbranched alkanes of at least 4 members (excludes halogenated alkanes) is 12. The molecule has 10 N–H and O–H groups in total. The Morgan fingerprint density at radius 2 is 1.19 bits per heavy atom. The van der Waals surface area contributed by atoms with Gasteiger partial charge in [-0.2, -0.15) is 0 Å². The molecule has 2 rings (SSSR count). The summed E-state index contributed by atoms with van der Waals surface area (Å²) in [5.41, 5.74) is 0. The molecule has 2 saturated heterocycles. The summed E-state index contributed by atoms with van der Waals surface area (Å²) in [5.74, 6) is -2.55. The molecule has 2 fully saturated rings. The van der Waals surface area contributed by atoms with Gasteiger partial charge in [0.2, 0.25) is 0 Å². The first-order chi connectivity index (χ1) is 33.3. The van der Waals surface area contributed by atoms with E-state index in [-0.39, 0.29) is 18.9 Å². The Kier molecular flexibility index (Phi) is 32.8. The molecule has 0 aromatic carbocycles. The van der Waals surface area contributed by atoms with Gasteiger partial charge in [-0.05, 0) is 44.4 Å². The lowest BCUT2D eigenvalue weighted by Crippen LogP contribution is -2.62. The van der Waals surface area contributed by atoms with Gasteiger partial charge in [-0.25, -0.2) is 4.79 Å². The minimum Gasteiger partial charge on any atom is -0.479 e. The average molecular weight is 1020 g/mol. The first-order valence-electron chi connectivity index (χ1n) is 25.7. The second-order valence-electron chi connectivity index (χ2n) is 19.4. The first-order valence-corrected chi connectivity index (χ1v) is 25.7. The number of aliphatic hydroxyl groups is 9. The van der Waals surface area contributed by atoms with E-state index >= 15 is 0 Å². The maximum absolute atomic E-state index is 12.3. The molecule has 0 amide bonds. The average Bonchev–Trinajstić information content (AvgIpc) is 3.31. The number of carbonyl (C=O) groups excluding carboxylic acids is 2. The van der Waals surface area contributed by atoms with Gasteiger partial charge < -0.3 is 89.0 Å². The Morgan fingerprint density at radius 3 is 1.73 bits per heavy atom. The molecular formula is C49H90O21. The Labute approximate surface area is 414 Å². The van der Waals surface area contributed by atoms with Gasteiger partial charge in [0.05, 0.1) is 24.9 Å². The van der Waals surface area contributed by atoms with Gasteiger partial charge in [0.1, 0.15) is 68.1 Å². The van der Waals surface area contributed by atoms with Gasteiger partial charge in [0.25, 0.3) is 0 Å². The fourth-order valence-electron chi connectivity index (χ4n) is 8.40. The molecule has 21 nitrogen and oxygen atoms in total. The molecule has 0 bridgehead atoms. The van der Waals surface area contributed by atoms with E-state index in [0.717, 1.165) is 96.8 Å². The molecule has 0 radical (unpaired) electrons. The van der Waals surface area contributed by atoms with E-state index in [1.54, 1.807) is 13.8 Å². The summed E-state index contributed by atoms with van der Waals surface area (Å²) in [6, 6.07) is 0. The van der Waals surface area contributed by atoms with Crippen molar-refractivity contribution in [3.8, 4) is 0 Å². The highest BCUT2D eigenvalue weighted by Crippen LogP contribution is 2.30. The molecule has 0 aliphatic carbocycles. The van der Waals surface area contributed by atoms with Crippen molar-refractivity contribution in [1.82, 2.24) is 0 Å². The molecule has 0 spiro atoms. The lowest BCUT2D eigenvalue weighted by Gasteiger charge is -2.44. The number of methoxy groups -OCH3 is 1. The van der Waals surface area contributed by atoms with Crippen molar-refractivity contribution in [3.63, 3.8) is 0 Å². The molecule has 70 heavy (non-hydrogen) atoms. The maximum Gasteiger partial charge on any atom is 0.332 e. The first kappa shape index (κ1) is 63.9. The Morgan fingerprint density at radius 1 is 0.629 bits per heavy atom. The van der Waals surface area contributed by atoms with Crippen molar-refractivity contribution in [2.45, 2.75) is 261 Å². The fraction of sp³-hybridized carbons (Fsp3) is 0.939. The predicted octanol–water partition coefficient (Wildman–Crippen LogP) is 2.50. The largest absolute Gasteiger partial charge is 0.479 e. The third-order valence-electron chi connectivity index (χ3n) is 12.7. The highest BCUT2D eigenvalue weighted by atomic mass is 16.8. The topological polar surface area (TPSA) is 327 Å². The lowest BCUT2D eigenvalue weighted by atomic mass is 9.98. The van der Waals surface area contributed by atoms with Crippen molar-refractivity contribution in [2.24, 2.45) is 5.92 Å². The highest BCUT2D eigenvalue weighted by molar-refractivity contribution is 5.71. The van der Waals surface area contributed by atoms with E-state index in [2.05, 4.69) is 0 Å². The smallest absolute Gasteiger partial charge is 0.332 e. The second-order valence-corrected chi connectivity index (χ2v) is 19.4. The van der Waals surface area contributed by atoms with E-state index in [1.807, 2.05) is 6.92 Å². The minimum absolute atomic E-state index is 0.0311.